The number of anilines is 1. The van der Waals surface area contributed by atoms with Crippen molar-refractivity contribution in [3.63, 3.8) is 0 Å². The molecule has 1 atom stereocenters. The van der Waals surface area contributed by atoms with Gasteiger partial charge in [0.05, 0.1) is 17.2 Å². The van der Waals surface area contributed by atoms with Gasteiger partial charge in [-0.2, -0.15) is 0 Å². The zero-order chi connectivity index (χ0) is 28.4. The van der Waals surface area contributed by atoms with Gasteiger partial charge in [0, 0.05) is 18.1 Å². The predicted molar refractivity (Wildman–Crippen MR) is 153 cm³/mol. The topological polar surface area (TPSA) is 96.0 Å². The molecule has 208 valence electrons. The third kappa shape index (κ3) is 7.74. The van der Waals surface area contributed by atoms with E-state index in [1.54, 1.807) is 80.6 Å². The van der Waals surface area contributed by atoms with Crippen molar-refractivity contribution in [1.82, 2.24) is 10.2 Å². The molecule has 0 aliphatic rings. The Hall–Kier alpha value is -3.56. The van der Waals surface area contributed by atoms with Gasteiger partial charge in [0.15, 0.2) is 0 Å². The molecule has 39 heavy (non-hydrogen) atoms. The first-order valence-electron chi connectivity index (χ1n) is 12.8. The molecule has 0 aliphatic heterocycles. The van der Waals surface area contributed by atoms with Gasteiger partial charge in [-0.15, -0.1) is 0 Å². The molecule has 3 aromatic rings. The number of benzene rings is 3. The van der Waals surface area contributed by atoms with Crippen LogP contribution < -0.4 is 14.4 Å². The zero-order valence-electron chi connectivity index (χ0n) is 22.3. The van der Waals surface area contributed by atoms with E-state index in [9.17, 15) is 18.0 Å². The van der Waals surface area contributed by atoms with Gasteiger partial charge in [-0.3, -0.25) is 13.9 Å². The molecule has 0 saturated carbocycles. The maximum absolute atomic E-state index is 13.9. The molecule has 1 unspecified atom stereocenters. The van der Waals surface area contributed by atoms with Crippen molar-refractivity contribution in [2.24, 2.45) is 0 Å². The molecular formula is C29H34ClN3O5S. The highest BCUT2D eigenvalue weighted by Crippen LogP contribution is 2.33. The van der Waals surface area contributed by atoms with Crippen LogP contribution in [-0.2, 0) is 26.2 Å². The van der Waals surface area contributed by atoms with Crippen LogP contribution in [0.5, 0.6) is 5.75 Å². The largest absolute Gasteiger partial charge is 0.492 e. The van der Waals surface area contributed by atoms with E-state index in [0.717, 1.165) is 10.7 Å². The molecule has 0 aromatic heterocycles. The summed E-state index contributed by atoms with van der Waals surface area (Å²) >= 11 is 6.17. The first-order chi connectivity index (χ1) is 18.7. The van der Waals surface area contributed by atoms with Gasteiger partial charge in [0.2, 0.25) is 11.8 Å². The number of carbonyl (C=O) groups excluding carboxylic acids is 2. The van der Waals surface area contributed by atoms with E-state index in [-0.39, 0.29) is 23.0 Å². The number of amides is 2. The summed E-state index contributed by atoms with van der Waals surface area (Å²) in [4.78, 5) is 28.3. The average molecular weight is 572 g/mol. The summed E-state index contributed by atoms with van der Waals surface area (Å²) in [7, 11) is -4.18. The Morgan fingerprint density at radius 3 is 2.33 bits per heavy atom. The summed E-state index contributed by atoms with van der Waals surface area (Å²) in [6.45, 7) is 5.62. The Balaban J connectivity index is 2.06. The van der Waals surface area contributed by atoms with Crippen LogP contribution in [0.15, 0.2) is 83.8 Å². The second-order valence-corrected chi connectivity index (χ2v) is 11.1. The molecule has 3 rings (SSSR count). The minimum atomic E-state index is -4.18. The highest BCUT2D eigenvalue weighted by atomic mass is 35.5. The number of hydrogen-bond donors (Lipinski definition) is 1. The Labute approximate surface area is 235 Å². The van der Waals surface area contributed by atoms with E-state index >= 15 is 0 Å². The van der Waals surface area contributed by atoms with Crippen LogP contribution in [-0.4, -0.2) is 50.9 Å². The van der Waals surface area contributed by atoms with Crippen molar-refractivity contribution >= 4 is 39.1 Å². The Kier molecular flexibility index (Phi) is 10.8. The summed E-state index contributed by atoms with van der Waals surface area (Å²) in [5, 5.41) is 3.31. The van der Waals surface area contributed by atoms with Crippen molar-refractivity contribution in [3.05, 3.63) is 89.4 Å². The Morgan fingerprint density at radius 2 is 1.67 bits per heavy atom. The van der Waals surface area contributed by atoms with Crippen LogP contribution in [0.25, 0.3) is 0 Å². The van der Waals surface area contributed by atoms with E-state index in [1.807, 2.05) is 6.92 Å². The SMILES string of the molecule is CCCNC(=O)C(C)N(Cc1cccc(Cl)c1)C(=O)CN(c1ccccc1OCC)S(=O)(=O)c1ccccc1. The molecule has 1 N–H and O–H groups in total. The summed E-state index contributed by atoms with van der Waals surface area (Å²) in [5.41, 5.74) is 0.931. The molecule has 10 heteroatoms. The first kappa shape index (κ1) is 30.0. The summed E-state index contributed by atoms with van der Waals surface area (Å²) < 4.78 is 34.6. The number of rotatable bonds is 13. The number of carbonyl (C=O) groups is 2. The van der Waals surface area contributed by atoms with Crippen molar-refractivity contribution in [2.75, 3.05) is 24.0 Å². The van der Waals surface area contributed by atoms with Crippen LogP contribution in [0.3, 0.4) is 0 Å². The Bertz CT molecular complexity index is 1370. The number of nitrogens with one attached hydrogen (secondary N) is 1. The number of ether oxygens (including phenoxy) is 1. The average Bonchev–Trinajstić information content (AvgIpc) is 2.94. The van der Waals surface area contributed by atoms with Gasteiger partial charge in [-0.1, -0.05) is 61.0 Å². The highest BCUT2D eigenvalue weighted by Gasteiger charge is 2.33. The molecule has 0 spiro atoms. The minimum Gasteiger partial charge on any atom is -0.492 e. The molecule has 0 fully saturated rings. The molecule has 0 saturated heterocycles. The van der Waals surface area contributed by atoms with Gasteiger partial charge in [-0.25, -0.2) is 8.42 Å². The van der Waals surface area contributed by atoms with Gasteiger partial charge < -0.3 is 15.0 Å². The van der Waals surface area contributed by atoms with Crippen LogP contribution >= 0.6 is 11.6 Å². The monoisotopic (exact) mass is 571 g/mol. The molecule has 0 bridgehead atoms. The quantitative estimate of drug-likeness (QED) is 0.315. The standard InChI is InChI=1S/C29H34ClN3O5S/c1-4-18-31-29(35)22(3)32(20-23-12-11-13-24(30)19-23)28(34)21-33(26-16-9-10-17-27(26)38-5-2)39(36,37)25-14-7-6-8-15-25/h6-17,19,22H,4-5,18,20-21H2,1-3H3,(H,31,35). The lowest BCUT2D eigenvalue weighted by atomic mass is 10.1. The van der Waals surface area contributed by atoms with Crippen molar-refractivity contribution in [1.29, 1.82) is 0 Å². The minimum absolute atomic E-state index is 0.0271. The number of para-hydroxylation sites is 2. The maximum atomic E-state index is 13.9. The third-order valence-electron chi connectivity index (χ3n) is 6.00. The third-order valence-corrected chi connectivity index (χ3v) is 8.01. The van der Waals surface area contributed by atoms with Crippen LogP contribution in [0, 0.1) is 0 Å². The summed E-state index contributed by atoms with van der Waals surface area (Å²) in [6, 6.07) is 20.7. The van der Waals surface area contributed by atoms with Crippen molar-refractivity contribution in [2.45, 2.75) is 44.7 Å². The fourth-order valence-electron chi connectivity index (χ4n) is 3.98. The van der Waals surface area contributed by atoms with Crippen LogP contribution in [0.1, 0.15) is 32.8 Å². The molecule has 0 aliphatic carbocycles. The lowest BCUT2D eigenvalue weighted by Gasteiger charge is -2.32. The number of halogens is 1. The molecule has 8 nitrogen and oxygen atoms in total. The summed E-state index contributed by atoms with van der Waals surface area (Å²) in [6.07, 6.45) is 0.734. The molecule has 2 amide bonds. The molecule has 0 heterocycles. The second-order valence-electron chi connectivity index (χ2n) is 8.84. The normalized spacial score (nSPS) is 11.9. The molecule has 0 radical (unpaired) electrons. The zero-order valence-corrected chi connectivity index (χ0v) is 23.9. The molecular weight excluding hydrogens is 538 g/mol. The van der Waals surface area contributed by atoms with Gasteiger partial charge in [0.25, 0.3) is 10.0 Å². The fourth-order valence-corrected chi connectivity index (χ4v) is 5.64. The van der Waals surface area contributed by atoms with Gasteiger partial charge >= 0.3 is 0 Å². The lowest BCUT2D eigenvalue weighted by molar-refractivity contribution is -0.139. The second kappa shape index (κ2) is 14.0. The van der Waals surface area contributed by atoms with E-state index in [0.29, 0.717) is 29.5 Å². The van der Waals surface area contributed by atoms with Crippen LogP contribution in [0.4, 0.5) is 5.69 Å². The number of sulfonamides is 1. The van der Waals surface area contributed by atoms with E-state index in [2.05, 4.69) is 5.32 Å². The van der Waals surface area contributed by atoms with E-state index in [4.69, 9.17) is 16.3 Å². The lowest BCUT2D eigenvalue weighted by Crippen LogP contribution is -2.51. The van der Waals surface area contributed by atoms with E-state index < -0.39 is 28.5 Å². The predicted octanol–water partition coefficient (Wildman–Crippen LogP) is 4.88. The van der Waals surface area contributed by atoms with Gasteiger partial charge in [0.1, 0.15) is 18.3 Å². The van der Waals surface area contributed by atoms with Crippen molar-refractivity contribution in [3.8, 4) is 5.75 Å². The van der Waals surface area contributed by atoms with E-state index in [1.165, 1.54) is 17.0 Å². The molecule has 3 aromatic carbocycles. The smallest absolute Gasteiger partial charge is 0.264 e. The Morgan fingerprint density at radius 1 is 0.974 bits per heavy atom. The first-order valence-corrected chi connectivity index (χ1v) is 14.6. The van der Waals surface area contributed by atoms with Gasteiger partial charge in [-0.05, 0) is 62.2 Å². The number of nitrogens with zero attached hydrogens (tertiary/aromatic N) is 2. The maximum Gasteiger partial charge on any atom is 0.264 e. The highest BCUT2D eigenvalue weighted by molar-refractivity contribution is 7.92. The number of hydrogen-bond acceptors (Lipinski definition) is 5. The fraction of sp³-hybridized carbons (Fsp3) is 0.310. The summed E-state index contributed by atoms with van der Waals surface area (Å²) in [5.74, 6) is -0.568. The van der Waals surface area contributed by atoms with Crippen LogP contribution in [0.2, 0.25) is 5.02 Å². The van der Waals surface area contributed by atoms with Crippen molar-refractivity contribution < 1.29 is 22.7 Å².